The second kappa shape index (κ2) is 4.52. The second-order valence-corrected chi connectivity index (χ2v) is 3.37. The molecule has 4 nitrogen and oxygen atoms in total. The van der Waals surface area contributed by atoms with Crippen molar-refractivity contribution in [3.63, 3.8) is 0 Å². The first kappa shape index (κ1) is 11.8. The molecule has 1 rings (SSSR count). The summed E-state index contributed by atoms with van der Waals surface area (Å²) in [7, 11) is 1.27. The van der Waals surface area contributed by atoms with E-state index in [0.29, 0.717) is 0 Å². The van der Waals surface area contributed by atoms with Crippen LogP contribution in [0.25, 0.3) is 0 Å². The Bertz CT molecular complexity index is 398. The van der Waals surface area contributed by atoms with Crippen LogP contribution in [0.1, 0.15) is 22.5 Å². The highest BCUT2D eigenvalue weighted by Crippen LogP contribution is 2.32. The minimum atomic E-state index is -2.91. The molecule has 0 saturated heterocycles. The maximum atomic E-state index is 12.5. The van der Waals surface area contributed by atoms with Crippen molar-refractivity contribution in [3.05, 3.63) is 21.8 Å². The summed E-state index contributed by atoms with van der Waals surface area (Å²) in [5.41, 5.74) is -1.36. The summed E-state index contributed by atoms with van der Waals surface area (Å²) < 4.78 is 29.7. The molecule has 0 aliphatic rings. The number of methoxy groups -OCH3 is 1. The Kier molecular flexibility index (Phi) is 3.57. The number of carbonyl (C=O) groups is 1. The van der Waals surface area contributed by atoms with Gasteiger partial charge in [-0.25, -0.2) is 18.6 Å². The number of alkyl halides is 2. The summed E-state index contributed by atoms with van der Waals surface area (Å²) in [6, 6.07) is 1.19. The van der Waals surface area contributed by atoms with E-state index in [1.54, 1.807) is 0 Å². The van der Waals surface area contributed by atoms with Crippen molar-refractivity contribution in [1.82, 2.24) is 4.98 Å². The Balaban J connectivity index is 3.42. The van der Waals surface area contributed by atoms with Crippen LogP contribution in [0.2, 0.25) is 0 Å². The Labute approximate surface area is 92.0 Å². The molecule has 0 bridgehead atoms. The molecule has 0 aliphatic carbocycles. The zero-order valence-corrected chi connectivity index (χ0v) is 9.09. The average molecular weight is 282 g/mol. The molecule has 1 aromatic heterocycles. The molecule has 0 spiro atoms. The maximum Gasteiger partial charge on any atom is 0.355 e. The van der Waals surface area contributed by atoms with Gasteiger partial charge in [-0.2, -0.15) is 0 Å². The van der Waals surface area contributed by atoms with Gasteiger partial charge in [-0.05, 0) is 0 Å². The zero-order chi connectivity index (χ0) is 11.6. The quantitative estimate of drug-likeness (QED) is 0.925. The topological polar surface area (TPSA) is 59.4 Å². The van der Waals surface area contributed by atoms with E-state index in [-0.39, 0.29) is 10.4 Å². The molecule has 1 heterocycles. The fourth-order valence-electron chi connectivity index (χ4n) is 0.977. The number of aromatic nitrogens is 1. The second-order valence-electron chi connectivity index (χ2n) is 2.51. The molecule has 7 heteroatoms. The molecule has 0 saturated carbocycles. The molecule has 82 valence electrons. The number of hydrogen-bond donors (Lipinski definition) is 1. The Morgan fingerprint density at radius 2 is 2.27 bits per heavy atom. The predicted octanol–water partition coefficient (Wildman–Crippen LogP) is 2.49. The lowest BCUT2D eigenvalue weighted by Gasteiger charge is -2.08. The largest absolute Gasteiger partial charge is 0.481 e. The number of aromatic carboxylic acids is 1. The van der Waals surface area contributed by atoms with Crippen molar-refractivity contribution >= 4 is 21.9 Å². The van der Waals surface area contributed by atoms with Crippen LogP contribution in [0.15, 0.2) is 10.5 Å². The van der Waals surface area contributed by atoms with Gasteiger partial charge in [-0.3, -0.25) is 0 Å². The monoisotopic (exact) mass is 281 g/mol. The summed E-state index contributed by atoms with van der Waals surface area (Å²) in [5, 5.41) is 8.69. The van der Waals surface area contributed by atoms with Gasteiger partial charge in [0.25, 0.3) is 6.43 Å². The molecule has 0 atom stereocenters. The molecule has 1 N–H and O–H groups in total. The van der Waals surface area contributed by atoms with Crippen molar-refractivity contribution < 1.29 is 23.4 Å². The molecule has 0 radical (unpaired) electrons. The third-order valence-electron chi connectivity index (χ3n) is 1.61. The fraction of sp³-hybridized carbons (Fsp3) is 0.250. The van der Waals surface area contributed by atoms with Crippen LogP contribution in [-0.2, 0) is 0 Å². The van der Waals surface area contributed by atoms with E-state index in [0.717, 1.165) is 0 Å². The first-order chi connectivity index (χ1) is 6.97. The van der Waals surface area contributed by atoms with Gasteiger partial charge in [-0.15, -0.1) is 0 Å². The molecular weight excluding hydrogens is 276 g/mol. The van der Waals surface area contributed by atoms with Gasteiger partial charge in [0.1, 0.15) is 0 Å². The van der Waals surface area contributed by atoms with Crippen molar-refractivity contribution in [2.24, 2.45) is 0 Å². The molecule has 1 aromatic rings. The summed E-state index contributed by atoms with van der Waals surface area (Å²) in [5.74, 6) is -1.56. The highest BCUT2D eigenvalue weighted by atomic mass is 79.9. The molecule has 0 unspecified atom stereocenters. The third kappa shape index (κ3) is 2.41. The normalized spacial score (nSPS) is 10.5. The summed E-state index contributed by atoms with van der Waals surface area (Å²) >= 11 is 2.84. The Morgan fingerprint density at radius 1 is 1.67 bits per heavy atom. The van der Waals surface area contributed by atoms with E-state index in [9.17, 15) is 13.6 Å². The SMILES string of the molecule is COc1cc(Br)c(C(F)F)c(C(=O)O)n1. The van der Waals surface area contributed by atoms with Crippen LogP contribution >= 0.6 is 15.9 Å². The van der Waals surface area contributed by atoms with Crippen molar-refractivity contribution in [1.29, 1.82) is 0 Å². The molecule has 15 heavy (non-hydrogen) atoms. The summed E-state index contributed by atoms with van der Waals surface area (Å²) in [6.45, 7) is 0. The van der Waals surface area contributed by atoms with Crippen LogP contribution in [0.4, 0.5) is 8.78 Å². The first-order valence-corrected chi connectivity index (χ1v) is 4.52. The lowest BCUT2D eigenvalue weighted by atomic mass is 10.2. The number of nitrogens with zero attached hydrogens (tertiary/aromatic N) is 1. The van der Waals surface area contributed by atoms with Crippen LogP contribution < -0.4 is 4.74 Å². The number of halogens is 3. The predicted molar refractivity (Wildman–Crippen MR) is 50.4 cm³/mol. The minimum Gasteiger partial charge on any atom is -0.481 e. The number of pyridine rings is 1. The Morgan fingerprint density at radius 3 is 2.67 bits per heavy atom. The van der Waals surface area contributed by atoms with Crippen LogP contribution in [0, 0.1) is 0 Å². The molecule has 0 aromatic carbocycles. The highest BCUT2D eigenvalue weighted by Gasteiger charge is 2.24. The van der Waals surface area contributed by atoms with E-state index >= 15 is 0 Å². The molecule has 0 fully saturated rings. The van der Waals surface area contributed by atoms with Crippen LogP contribution in [0.3, 0.4) is 0 Å². The summed E-state index contributed by atoms with van der Waals surface area (Å²) in [6.07, 6.45) is -2.91. The lowest BCUT2D eigenvalue weighted by molar-refractivity contribution is 0.0675. The number of ether oxygens (including phenoxy) is 1. The van der Waals surface area contributed by atoms with Gasteiger partial charge in [0.15, 0.2) is 5.69 Å². The van der Waals surface area contributed by atoms with Crippen molar-refractivity contribution in [2.75, 3.05) is 7.11 Å². The third-order valence-corrected chi connectivity index (χ3v) is 2.27. The number of carboxylic acid groups (broad SMARTS) is 1. The zero-order valence-electron chi connectivity index (χ0n) is 7.50. The van der Waals surface area contributed by atoms with Crippen LogP contribution in [-0.4, -0.2) is 23.2 Å². The van der Waals surface area contributed by atoms with E-state index < -0.39 is 23.7 Å². The number of hydrogen-bond acceptors (Lipinski definition) is 3. The lowest BCUT2D eigenvalue weighted by Crippen LogP contribution is -2.08. The smallest absolute Gasteiger partial charge is 0.355 e. The molecule has 0 aliphatic heterocycles. The minimum absolute atomic E-state index is 0.0383. The van der Waals surface area contributed by atoms with Gasteiger partial charge < -0.3 is 9.84 Å². The maximum absolute atomic E-state index is 12.5. The molecular formula is C8H6BrF2NO3. The van der Waals surface area contributed by atoms with E-state index in [2.05, 4.69) is 25.7 Å². The highest BCUT2D eigenvalue weighted by molar-refractivity contribution is 9.10. The van der Waals surface area contributed by atoms with Crippen molar-refractivity contribution in [3.8, 4) is 5.88 Å². The molecule has 0 amide bonds. The van der Waals surface area contributed by atoms with Gasteiger partial charge in [0.05, 0.1) is 12.7 Å². The fourth-order valence-corrected chi connectivity index (χ4v) is 1.53. The van der Waals surface area contributed by atoms with Gasteiger partial charge in [0, 0.05) is 10.5 Å². The van der Waals surface area contributed by atoms with Crippen molar-refractivity contribution in [2.45, 2.75) is 6.43 Å². The first-order valence-electron chi connectivity index (χ1n) is 3.73. The van der Waals surface area contributed by atoms with E-state index in [1.807, 2.05) is 0 Å². The average Bonchev–Trinajstić information content (AvgIpc) is 2.15. The van der Waals surface area contributed by atoms with Gasteiger partial charge in [0.2, 0.25) is 5.88 Å². The van der Waals surface area contributed by atoms with E-state index in [1.165, 1.54) is 13.2 Å². The Hall–Kier alpha value is -1.24. The van der Waals surface area contributed by atoms with Gasteiger partial charge >= 0.3 is 5.97 Å². The number of carboxylic acids is 1. The van der Waals surface area contributed by atoms with Gasteiger partial charge in [-0.1, -0.05) is 15.9 Å². The van der Waals surface area contributed by atoms with Crippen LogP contribution in [0.5, 0.6) is 5.88 Å². The van der Waals surface area contributed by atoms with E-state index in [4.69, 9.17) is 5.11 Å². The number of rotatable bonds is 3. The standard InChI is InChI=1S/C8H6BrF2NO3/c1-15-4-2-3(9)5(7(10)11)6(12-4)8(13)14/h2,7H,1H3,(H,13,14). The summed E-state index contributed by atoms with van der Waals surface area (Å²) in [4.78, 5) is 14.1.